The summed E-state index contributed by atoms with van der Waals surface area (Å²) in [5.41, 5.74) is 2.89. The zero-order valence-corrected chi connectivity index (χ0v) is 14.7. The van der Waals surface area contributed by atoms with Crippen LogP contribution in [0.3, 0.4) is 0 Å². The molecule has 3 heterocycles. The van der Waals surface area contributed by atoms with Gasteiger partial charge in [0.1, 0.15) is 11.5 Å². The van der Waals surface area contributed by atoms with E-state index >= 15 is 0 Å². The number of para-hydroxylation sites is 1. The number of piperazine rings is 1. The highest BCUT2D eigenvalue weighted by atomic mass is 32.2. The lowest BCUT2D eigenvalue weighted by Gasteiger charge is -2.34. The lowest BCUT2D eigenvalue weighted by atomic mass is 10.1. The van der Waals surface area contributed by atoms with Crippen molar-refractivity contribution in [2.75, 3.05) is 37.3 Å². The number of nitrogens with one attached hydrogen (secondary N) is 1. The van der Waals surface area contributed by atoms with Gasteiger partial charge in [0.2, 0.25) is 10.0 Å². The first-order valence-electron chi connectivity index (χ1n) is 8.12. The van der Waals surface area contributed by atoms with E-state index in [1.807, 2.05) is 36.4 Å². The molecule has 0 bridgehead atoms. The van der Waals surface area contributed by atoms with Crippen LogP contribution in [0, 0.1) is 0 Å². The van der Waals surface area contributed by atoms with Crippen LogP contribution in [0.25, 0.3) is 22.2 Å². The number of anilines is 1. The van der Waals surface area contributed by atoms with Crippen LogP contribution in [0.15, 0.2) is 42.6 Å². The Morgan fingerprint density at radius 2 is 1.84 bits per heavy atom. The first-order valence-corrected chi connectivity index (χ1v) is 9.97. The molecule has 4 rings (SSSR count). The van der Waals surface area contributed by atoms with Gasteiger partial charge in [-0.25, -0.2) is 13.4 Å². The van der Waals surface area contributed by atoms with Crippen LogP contribution in [0.1, 0.15) is 0 Å². The Morgan fingerprint density at radius 1 is 1.08 bits per heavy atom. The molecule has 2 aromatic heterocycles. The van der Waals surface area contributed by atoms with Gasteiger partial charge in [-0.2, -0.15) is 9.40 Å². The SMILES string of the molecule is CS(=O)(=O)N1CCN(c2cc(-c3n[nH]c4ccccc34)ccn2)CC1. The summed E-state index contributed by atoms with van der Waals surface area (Å²) in [6.07, 6.45) is 3.03. The number of H-pyrrole nitrogens is 1. The van der Waals surface area contributed by atoms with Crippen LogP contribution < -0.4 is 4.90 Å². The van der Waals surface area contributed by atoms with E-state index in [1.165, 1.54) is 10.6 Å². The summed E-state index contributed by atoms with van der Waals surface area (Å²) in [6, 6.07) is 12.0. The number of benzene rings is 1. The minimum absolute atomic E-state index is 0.482. The third-order valence-electron chi connectivity index (χ3n) is 4.52. The van der Waals surface area contributed by atoms with E-state index in [4.69, 9.17) is 0 Å². The van der Waals surface area contributed by atoms with E-state index in [1.54, 1.807) is 6.20 Å². The summed E-state index contributed by atoms with van der Waals surface area (Å²) < 4.78 is 24.8. The number of fused-ring (bicyclic) bond motifs is 1. The first-order chi connectivity index (χ1) is 12.0. The lowest BCUT2D eigenvalue weighted by Crippen LogP contribution is -2.48. The second-order valence-corrected chi connectivity index (χ2v) is 8.15. The molecule has 1 aromatic carbocycles. The predicted molar refractivity (Wildman–Crippen MR) is 98.0 cm³/mol. The van der Waals surface area contributed by atoms with Gasteiger partial charge in [0.15, 0.2) is 0 Å². The molecule has 25 heavy (non-hydrogen) atoms. The standard InChI is InChI=1S/C17H19N5O2S/c1-25(23,24)22-10-8-21(9-11-22)16-12-13(6-7-18-16)17-14-4-2-3-5-15(14)19-20-17/h2-7,12H,8-11H2,1H3,(H,19,20). The quantitative estimate of drug-likeness (QED) is 0.772. The Kier molecular flexibility index (Phi) is 3.93. The number of rotatable bonds is 3. The number of pyridine rings is 1. The van der Waals surface area contributed by atoms with Crippen molar-refractivity contribution < 1.29 is 8.42 Å². The average Bonchev–Trinajstić information content (AvgIpc) is 3.05. The van der Waals surface area contributed by atoms with Crippen molar-refractivity contribution in [2.45, 2.75) is 0 Å². The number of aromatic amines is 1. The zero-order chi connectivity index (χ0) is 17.4. The minimum atomic E-state index is -3.13. The minimum Gasteiger partial charge on any atom is -0.354 e. The Hall–Kier alpha value is -2.45. The zero-order valence-electron chi connectivity index (χ0n) is 13.9. The van der Waals surface area contributed by atoms with E-state index in [2.05, 4.69) is 20.1 Å². The molecular weight excluding hydrogens is 338 g/mol. The molecule has 7 nitrogen and oxygen atoms in total. The van der Waals surface area contributed by atoms with Crippen molar-refractivity contribution in [1.29, 1.82) is 0 Å². The molecule has 0 unspecified atom stereocenters. The molecule has 130 valence electrons. The average molecular weight is 357 g/mol. The van der Waals surface area contributed by atoms with Gasteiger partial charge < -0.3 is 4.90 Å². The van der Waals surface area contributed by atoms with Crippen LogP contribution in [-0.2, 0) is 10.0 Å². The third-order valence-corrected chi connectivity index (χ3v) is 5.82. The van der Waals surface area contributed by atoms with Crippen molar-refractivity contribution in [3.63, 3.8) is 0 Å². The molecule has 0 radical (unpaired) electrons. The molecule has 3 aromatic rings. The molecule has 0 saturated carbocycles. The number of sulfonamides is 1. The maximum absolute atomic E-state index is 11.6. The van der Waals surface area contributed by atoms with Crippen LogP contribution in [-0.4, -0.2) is 60.3 Å². The molecule has 1 aliphatic rings. The number of nitrogens with zero attached hydrogens (tertiary/aromatic N) is 4. The van der Waals surface area contributed by atoms with Gasteiger partial charge in [0, 0.05) is 43.3 Å². The molecule has 1 aliphatic heterocycles. The van der Waals surface area contributed by atoms with Crippen molar-refractivity contribution in [3.8, 4) is 11.3 Å². The molecule has 1 fully saturated rings. The molecular formula is C17H19N5O2S. The second kappa shape index (κ2) is 6.12. The third kappa shape index (κ3) is 3.10. The van der Waals surface area contributed by atoms with Gasteiger partial charge in [0.25, 0.3) is 0 Å². The summed E-state index contributed by atoms with van der Waals surface area (Å²) >= 11 is 0. The van der Waals surface area contributed by atoms with E-state index in [9.17, 15) is 8.42 Å². The highest BCUT2D eigenvalue weighted by Crippen LogP contribution is 2.28. The Morgan fingerprint density at radius 3 is 2.60 bits per heavy atom. The summed E-state index contributed by atoms with van der Waals surface area (Å²) in [6.45, 7) is 2.22. The summed E-state index contributed by atoms with van der Waals surface area (Å²) in [7, 11) is -3.13. The molecule has 1 saturated heterocycles. The molecule has 0 spiro atoms. The highest BCUT2D eigenvalue weighted by Gasteiger charge is 2.24. The van der Waals surface area contributed by atoms with E-state index in [0.717, 1.165) is 28.0 Å². The van der Waals surface area contributed by atoms with Crippen molar-refractivity contribution in [1.82, 2.24) is 19.5 Å². The van der Waals surface area contributed by atoms with Crippen molar-refractivity contribution >= 4 is 26.7 Å². The second-order valence-electron chi connectivity index (χ2n) is 6.17. The maximum Gasteiger partial charge on any atom is 0.211 e. The van der Waals surface area contributed by atoms with Crippen LogP contribution in [0.2, 0.25) is 0 Å². The fourth-order valence-corrected chi connectivity index (χ4v) is 4.00. The monoisotopic (exact) mass is 357 g/mol. The summed E-state index contributed by atoms with van der Waals surface area (Å²) in [5.74, 6) is 0.845. The smallest absolute Gasteiger partial charge is 0.211 e. The molecule has 0 atom stereocenters. The highest BCUT2D eigenvalue weighted by molar-refractivity contribution is 7.88. The van der Waals surface area contributed by atoms with Crippen molar-refractivity contribution in [3.05, 3.63) is 42.6 Å². The van der Waals surface area contributed by atoms with Gasteiger partial charge in [-0.3, -0.25) is 5.10 Å². The van der Waals surface area contributed by atoms with Gasteiger partial charge >= 0.3 is 0 Å². The van der Waals surface area contributed by atoms with Crippen LogP contribution in [0.5, 0.6) is 0 Å². The maximum atomic E-state index is 11.6. The van der Waals surface area contributed by atoms with Crippen molar-refractivity contribution in [2.24, 2.45) is 0 Å². The summed E-state index contributed by atoms with van der Waals surface area (Å²) in [5, 5.41) is 8.56. The molecule has 8 heteroatoms. The Bertz CT molecular complexity index is 1010. The van der Waals surface area contributed by atoms with Gasteiger partial charge in [-0.05, 0) is 18.2 Å². The largest absolute Gasteiger partial charge is 0.354 e. The number of hydrogen-bond acceptors (Lipinski definition) is 5. The van der Waals surface area contributed by atoms with E-state index in [0.29, 0.717) is 26.2 Å². The first kappa shape index (κ1) is 16.0. The molecule has 1 N–H and O–H groups in total. The van der Waals surface area contributed by atoms with E-state index < -0.39 is 10.0 Å². The van der Waals surface area contributed by atoms with Crippen LogP contribution >= 0.6 is 0 Å². The number of hydrogen-bond donors (Lipinski definition) is 1. The fourth-order valence-electron chi connectivity index (χ4n) is 3.17. The normalized spacial score (nSPS) is 16.4. The van der Waals surface area contributed by atoms with Gasteiger partial charge in [0.05, 0.1) is 11.8 Å². The van der Waals surface area contributed by atoms with E-state index in [-0.39, 0.29) is 0 Å². The summed E-state index contributed by atoms with van der Waals surface area (Å²) in [4.78, 5) is 6.57. The molecule has 0 aliphatic carbocycles. The topological polar surface area (TPSA) is 82.2 Å². The Balaban J connectivity index is 1.61. The lowest BCUT2D eigenvalue weighted by molar-refractivity contribution is 0.387. The van der Waals surface area contributed by atoms with Gasteiger partial charge in [-0.1, -0.05) is 18.2 Å². The Labute approximate surface area is 146 Å². The molecule has 0 amide bonds. The fraction of sp³-hybridized carbons (Fsp3) is 0.294. The van der Waals surface area contributed by atoms with Crippen LogP contribution in [0.4, 0.5) is 5.82 Å². The predicted octanol–water partition coefficient (Wildman–Crippen LogP) is 1.71. The number of aromatic nitrogens is 3. The van der Waals surface area contributed by atoms with Gasteiger partial charge in [-0.15, -0.1) is 0 Å².